The van der Waals surface area contributed by atoms with Crippen LogP contribution in [0.1, 0.15) is 12.0 Å². The van der Waals surface area contributed by atoms with Crippen LogP contribution in [-0.2, 0) is 11.2 Å². The minimum Gasteiger partial charge on any atom is -0.481 e. The van der Waals surface area contributed by atoms with E-state index in [-0.39, 0.29) is 11.8 Å². The highest BCUT2D eigenvalue weighted by molar-refractivity contribution is 9.10. The summed E-state index contributed by atoms with van der Waals surface area (Å²) in [5.41, 5.74) is 2.44. The quantitative estimate of drug-likeness (QED) is 0.736. The van der Waals surface area contributed by atoms with Crippen LogP contribution in [0.5, 0.6) is 0 Å². The summed E-state index contributed by atoms with van der Waals surface area (Å²) in [5, 5.41) is 8.77. The molecule has 1 aliphatic heterocycles. The molecule has 5 nitrogen and oxygen atoms in total. The second-order valence-electron chi connectivity index (χ2n) is 4.62. The fourth-order valence-electron chi connectivity index (χ4n) is 2.11. The third kappa shape index (κ3) is 2.67. The van der Waals surface area contributed by atoms with Crippen molar-refractivity contribution in [3.63, 3.8) is 0 Å². The van der Waals surface area contributed by atoms with Crippen molar-refractivity contribution < 1.29 is 14.3 Å². The predicted molar refractivity (Wildman–Crippen MR) is 80.6 cm³/mol. The number of nitrogens with zero attached hydrogens (tertiary/aromatic N) is 1. The van der Waals surface area contributed by atoms with Gasteiger partial charge in [-0.3, -0.25) is 9.59 Å². The lowest BCUT2D eigenvalue weighted by molar-refractivity contribution is -0.136. The van der Waals surface area contributed by atoms with Gasteiger partial charge in [0.1, 0.15) is 11.2 Å². The molecule has 106 valence electrons. The van der Waals surface area contributed by atoms with Gasteiger partial charge in [-0.05, 0) is 46.1 Å². The Bertz CT molecular complexity index is 871. The first kappa shape index (κ1) is 13.8. The van der Waals surface area contributed by atoms with E-state index in [0.29, 0.717) is 33.4 Å². The van der Waals surface area contributed by atoms with Gasteiger partial charge in [0.25, 0.3) is 0 Å². The molecule has 3 rings (SSSR count). The SMILES string of the molecule is O=C(O)CCc1ccc2nc3ccc(=O)cc-3oc2c1Br. The molecule has 0 spiro atoms. The van der Waals surface area contributed by atoms with E-state index in [0.717, 1.165) is 5.56 Å². The molecule has 1 aromatic rings. The number of aliphatic carboxylic acids is 1. The van der Waals surface area contributed by atoms with Gasteiger partial charge in [0, 0.05) is 12.5 Å². The van der Waals surface area contributed by atoms with Gasteiger partial charge in [-0.1, -0.05) is 6.07 Å². The van der Waals surface area contributed by atoms with Gasteiger partial charge in [0.2, 0.25) is 0 Å². The summed E-state index contributed by atoms with van der Waals surface area (Å²) < 4.78 is 6.42. The molecular formula is C15H10BrNO4. The van der Waals surface area contributed by atoms with Crippen molar-refractivity contribution in [1.29, 1.82) is 0 Å². The first-order valence-electron chi connectivity index (χ1n) is 6.28. The lowest BCUT2D eigenvalue weighted by Crippen LogP contribution is -2.01. The lowest BCUT2D eigenvalue weighted by Gasteiger charge is -2.09. The van der Waals surface area contributed by atoms with Crippen LogP contribution in [0.3, 0.4) is 0 Å². The van der Waals surface area contributed by atoms with Crippen LogP contribution < -0.4 is 5.43 Å². The maximum atomic E-state index is 11.4. The van der Waals surface area contributed by atoms with Gasteiger partial charge in [-0.2, -0.15) is 0 Å². The smallest absolute Gasteiger partial charge is 0.303 e. The van der Waals surface area contributed by atoms with E-state index in [9.17, 15) is 9.59 Å². The molecule has 1 aliphatic carbocycles. The summed E-state index contributed by atoms with van der Waals surface area (Å²) in [7, 11) is 0. The number of carboxylic acid groups (broad SMARTS) is 1. The third-order valence-corrected chi connectivity index (χ3v) is 4.02. The number of aryl methyl sites for hydroxylation is 1. The molecule has 6 heteroatoms. The van der Waals surface area contributed by atoms with Crippen molar-refractivity contribution >= 4 is 33.0 Å². The Labute approximate surface area is 127 Å². The zero-order chi connectivity index (χ0) is 15.0. The zero-order valence-corrected chi connectivity index (χ0v) is 12.4. The van der Waals surface area contributed by atoms with Crippen LogP contribution in [-0.4, -0.2) is 16.1 Å². The standard InChI is InChI=1S/C15H10BrNO4/c16-14-8(2-6-13(19)20)1-4-11-15(14)21-12-7-9(18)3-5-10(12)17-11/h1,3-5,7H,2,6H2,(H,19,20). The molecule has 1 aromatic carbocycles. The summed E-state index contributed by atoms with van der Waals surface area (Å²) in [4.78, 5) is 26.5. The molecule has 0 saturated heterocycles. The maximum absolute atomic E-state index is 11.4. The molecule has 0 unspecified atom stereocenters. The molecule has 0 radical (unpaired) electrons. The molecule has 2 aliphatic rings. The number of rotatable bonds is 3. The highest BCUT2D eigenvalue weighted by Crippen LogP contribution is 2.31. The van der Waals surface area contributed by atoms with Crippen molar-refractivity contribution in [2.24, 2.45) is 0 Å². The molecule has 21 heavy (non-hydrogen) atoms. The van der Waals surface area contributed by atoms with Crippen LogP contribution in [0.15, 0.2) is 44.0 Å². The monoisotopic (exact) mass is 347 g/mol. The average molecular weight is 348 g/mol. The number of hydrogen-bond donors (Lipinski definition) is 1. The van der Waals surface area contributed by atoms with Crippen molar-refractivity contribution in [2.75, 3.05) is 0 Å². The lowest BCUT2D eigenvalue weighted by atomic mass is 10.1. The van der Waals surface area contributed by atoms with Gasteiger partial charge in [0.05, 0.1) is 4.47 Å². The number of fused-ring (bicyclic) bond motifs is 2. The van der Waals surface area contributed by atoms with E-state index in [1.54, 1.807) is 12.1 Å². The van der Waals surface area contributed by atoms with Crippen molar-refractivity contribution in [3.8, 4) is 11.5 Å². The fourth-order valence-corrected chi connectivity index (χ4v) is 2.73. The molecular weight excluding hydrogens is 338 g/mol. The van der Waals surface area contributed by atoms with Crippen LogP contribution in [0.25, 0.3) is 22.6 Å². The molecule has 0 fully saturated rings. The third-order valence-electron chi connectivity index (χ3n) is 3.15. The average Bonchev–Trinajstić information content (AvgIpc) is 2.45. The van der Waals surface area contributed by atoms with Crippen molar-refractivity contribution in [1.82, 2.24) is 4.98 Å². The van der Waals surface area contributed by atoms with Gasteiger partial charge in [-0.25, -0.2) is 4.98 Å². The Morgan fingerprint density at radius 1 is 1.29 bits per heavy atom. The Hall–Kier alpha value is -2.21. The second kappa shape index (κ2) is 5.29. The van der Waals surface area contributed by atoms with Crippen LogP contribution >= 0.6 is 15.9 Å². The van der Waals surface area contributed by atoms with Crippen LogP contribution in [0.2, 0.25) is 0 Å². The number of benzene rings is 2. The highest BCUT2D eigenvalue weighted by Gasteiger charge is 2.14. The highest BCUT2D eigenvalue weighted by atomic mass is 79.9. The summed E-state index contributed by atoms with van der Waals surface area (Å²) in [5.74, 6) is -0.447. The molecule has 1 heterocycles. The summed E-state index contributed by atoms with van der Waals surface area (Å²) in [6.45, 7) is 0. The second-order valence-corrected chi connectivity index (χ2v) is 5.42. The maximum Gasteiger partial charge on any atom is 0.303 e. The number of hydrogen-bond acceptors (Lipinski definition) is 4. The first-order chi connectivity index (χ1) is 10.0. The minimum atomic E-state index is -0.855. The Balaban J connectivity index is 2.18. The number of aromatic nitrogens is 1. The molecule has 0 amide bonds. The van der Waals surface area contributed by atoms with Gasteiger partial charge >= 0.3 is 5.97 Å². The van der Waals surface area contributed by atoms with E-state index >= 15 is 0 Å². The number of halogens is 1. The number of carboxylic acids is 1. The number of carbonyl (C=O) groups is 1. The Morgan fingerprint density at radius 3 is 2.86 bits per heavy atom. The topological polar surface area (TPSA) is 80.4 Å². The normalized spacial score (nSPS) is 11.1. The van der Waals surface area contributed by atoms with E-state index < -0.39 is 5.97 Å². The van der Waals surface area contributed by atoms with E-state index in [4.69, 9.17) is 9.52 Å². The van der Waals surface area contributed by atoms with Gasteiger partial charge in [-0.15, -0.1) is 0 Å². The van der Waals surface area contributed by atoms with Gasteiger partial charge < -0.3 is 9.52 Å². The van der Waals surface area contributed by atoms with E-state index in [1.807, 2.05) is 6.07 Å². The summed E-state index contributed by atoms with van der Waals surface area (Å²) in [6.07, 6.45) is 0.427. The minimum absolute atomic E-state index is 0.0375. The molecule has 0 atom stereocenters. The Morgan fingerprint density at radius 2 is 2.10 bits per heavy atom. The van der Waals surface area contributed by atoms with Crippen LogP contribution in [0.4, 0.5) is 0 Å². The van der Waals surface area contributed by atoms with Crippen molar-refractivity contribution in [2.45, 2.75) is 12.8 Å². The zero-order valence-electron chi connectivity index (χ0n) is 10.8. The predicted octanol–water partition coefficient (Wildman–Crippen LogP) is 3.07. The Kier molecular flexibility index (Phi) is 3.47. The van der Waals surface area contributed by atoms with Crippen LogP contribution in [0, 0.1) is 0 Å². The van der Waals surface area contributed by atoms with E-state index in [1.165, 1.54) is 12.1 Å². The summed E-state index contributed by atoms with van der Waals surface area (Å²) >= 11 is 3.43. The molecule has 0 aromatic heterocycles. The molecule has 0 bridgehead atoms. The van der Waals surface area contributed by atoms with E-state index in [2.05, 4.69) is 20.9 Å². The summed E-state index contributed by atoms with van der Waals surface area (Å²) in [6, 6.07) is 8.05. The van der Waals surface area contributed by atoms with Crippen molar-refractivity contribution in [3.05, 3.63) is 50.6 Å². The largest absolute Gasteiger partial charge is 0.481 e. The van der Waals surface area contributed by atoms with Gasteiger partial charge in [0.15, 0.2) is 16.8 Å². The molecule has 0 saturated carbocycles. The first-order valence-corrected chi connectivity index (χ1v) is 7.08. The fraction of sp³-hybridized carbons (Fsp3) is 0.133. The molecule has 1 N–H and O–H groups in total.